The van der Waals surface area contributed by atoms with E-state index in [1.165, 1.54) is 19.3 Å². The molecule has 5 atom stereocenters. The molecule has 21 heavy (non-hydrogen) atoms. The van der Waals surface area contributed by atoms with Crippen molar-refractivity contribution in [3.05, 3.63) is 0 Å². The molecule has 1 amide bonds. The van der Waals surface area contributed by atoms with Gasteiger partial charge in [0.1, 0.15) is 5.54 Å². The van der Waals surface area contributed by atoms with Gasteiger partial charge in [0.25, 0.3) is 0 Å². The standard InChI is InChI=1S/C16H28N2O2.ClH/c1-4-20-13-9-16(17,15(13,2)3)14(19)18-12-8-10-5-6-11(12)7-10;/h10-13H,4-9,17H2,1-3H3,(H,18,19);1H. The first kappa shape index (κ1) is 17.0. The predicted molar refractivity (Wildman–Crippen MR) is 85.4 cm³/mol. The van der Waals surface area contributed by atoms with Crippen molar-refractivity contribution in [2.24, 2.45) is 23.0 Å². The molecule has 3 saturated carbocycles. The molecular formula is C16H29ClN2O2. The lowest BCUT2D eigenvalue weighted by Gasteiger charge is -2.57. The molecule has 3 fully saturated rings. The lowest BCUT2D eigenvalue weighted by atomic mass is 9.54. The number of carbonyl (C=O) groups is 1. The van der Waals surface area contributed by atoms with Crippen LogP contribution in [0.2, 0.25) is 0 Å². The van der Waals surface area contributed by atoms with E-state index < -0.39 is 5.54 Å². The topological polar surface area (TPSA) is 64.3 Å². The van der Waals surface area contributed by atoms with Crippen LogP contribution in [0, 0.1) is 17.3 Å². The quantitative estimate of drug-likeness (QED) is 0.836. The lowest BCUT2D eigenvalue weighted by molar-refractivity contribution is -0.171. The molecule has 0 aromatic carbocycles. The minimum Gasteiger partial charge on any atom is -0.378 e. The number of fused-ring (bicyclic) bond motifs is 2. The fourth-order valence-corrected chi connectivity index (χ4v) is 4.54. The van der Waals surface area contributed by atoms with Gasteiger partial charge in [-0.1, -0.05) is 20.3 Å². The van der Waals surface area contributed by atoms with Gasteiger partial charge in [0.15, 0.2) is 0 Å². The molecule has 0 saturated heterocycles. The van der Waals surface area contributed by atoms with Gasteiger partial charge in [-0.2, -0.15) is 0 Å². The summed E-state index contributed by atoms with van der Waals surface area (Å²) < 4.78 is 5.70. The van der Waals surface area contributed by atoms with Gasteiger partial charge < -0.3 is 15.8 Å². The Morgan fingerprint density at radius 1 is 1.33 bits per heavy atom. The zero-order valence-electron chi connectivity index (χ0n) is 13.4. The van der Waals surface area contributed by atoms with E-state index in [2.05, 4.69) is 19.2 Å². The van der Waals surface area contributed by atoms with Gasteiger partial charge in [0.05, 0.1) is 6.10 Å². The SMILES string of the molecule is CCOC1CC(N)(C(=O)NC2CC3CCC2C3)C1(C)C.Cl. The summed E-state index contributed by atoms with van der Waals surface area (Å²) >= 11 is 0. The van der Waals surface area contributed by atoms with Crippen molar-refractivity contribution in [1.82, 2.24) is 5.32 Å². The number of rotatable bonds is 4. The van der Waals surface area contributed by atoms with E-state index in [9.17, 15) is 4.79 Å². The van der Waals surface area contributed by atoms with Gasteiger partial charge >= 0.3 is 0 Å². The molecule has 122 valence electrons. The summed E-state index contributed by atoms with van der Waals surface area (Å²) in [4.78, 5) is 12.7. The molecule has 3 aliphatic rings. The Bertz CT molecular complexity index is 415. The van der Waals surface area contributed by atoms with Crippen molar-refractivity contribution in [2.75, 3.05) is 6.61 Å². The number of ether oxygens (including phenoxy) is 1. The second-order valence-electron chi connectivity index (χ2n) is 7.60. The highest BCUT2D eigenvalue weighted by molar-refractivity contribution is 5.89. The Labute approximate surface area is 134 Å². The number of hydrogen-bond acceptors (Lipinski definition) is 3. The maximum Gasteiger partial charge on any atom is 0.241 e. The third kappa shape index (κ3) is 2.49. The van der Waals surface area contributed by atoms with E-state index in [1.54, 1.807) is 0 Å². The zero-order valence-corrected chi connectivity index (χ0v) is 14.2. The Kier molecular flexibility index (Phi) is 4.63. The normalized spacial score (nSPS) is 43.0. The Morgan fingerprint density at radius 3 is 2.52 bits per heavy atom. The number of nitrogens with two attached hydrogens (primary N) is 1. The number of carbonyl (C=O) groups excluding carboxylic acids is 1. The van der Waals surface area contributed by atoms with Gasteiger partial charge in [0, 0.05) is 24.5 Å². The summed E-state index contributed by atoms with van der Waals surface area (Å²) in [7, 11) is 0. The second-order valence-corrected chi connectivity index (χ2v) is 7.60. The van der Waals surface area contributed by atoms with Crippen LogP contribution in [-0.2, 0) is 9.53 Å². The largest absolute Gasteiger partial charge is 0.378 e. The van der Waals surface area contributed by atoms with Crippen molar-refractivity contribution in [1.29, 1.82) is 0 Å². The Balaban J connectivity index is 0.00000161. The zero-order chi connectivity index (χ0) is 14.5. The van der Waals surface area contributed by atoms with Crippen molar-refractivity contribution >= 4 is 18.3 Å². The summed E-state index contributed by atoms with van der Waals surface area (Å²) in [6, 6.07) is 0.364. The molecular weight excluding hydrogens is 288 g/mol. The van der Waals surface area contributed by atoms with E-state index >= 15 is 0 Å². The van der Waals surface area contributed by atoms with Crippen LogP contribution in [0.15, 0.2) is 0 Å². The molecule has 0 aromatic rings. The predicted octanol–water partition coefficient (Wildman–Crippen LogP) is 2.25. The van der Waals surface area contributed by atoms with Crippen LogP contribution in [0.3, 0.4) is 0 Å². The maximum atomic E-state index is 12.7. The molecule has 5 heteroatoms. The fourth-order valence-electron chi connectivity index (χ4n) is 4.54. The van der Waals surface area contributed by atoms with Gasteiger partial charge in [-0.3, -0.25) is 4.79 Å². The van der Waals surface area contributed by atoms with Crippen LogP contribution in [0.1, 0.15) is 52.9 Å². The lowest BCUT2D eigenvalue weighted by Crippen LogP contribution is -2.76. The molecule has 0 radical (unpaired) electrons. The monoisotopic (exact) mass is 316 g/mol. The Hall–Kier alpha value is -0.320. The third-order valence-corrected chi connectivity index (χ3v) is 6.29. The van der Waals surface area contributed by atoms with Crippen molar-refractivity contribution in [3.63, 3.8) is 0 Å². The van der Waals surface area contributed by atoms with Crippen molar-refractivity contribution in [2.45, 2.75) is 70.6 Å². The molecule has 3 aliphatic carbocycles. The highest BCUT2D eigenvalue weighted by Gasteiger charge is 2.63. The molecule has 3 rings (SSSR count). The van der Waals surface area contributed by atoms with Crippen molar-refractivity contribution < 1.29 is 9.53 Å². The summed E-state index contributed by atoms with van der Waals surface area (Å²) in [6.45, 7) is 6.77. The highest BCUT2D eigenvalue weighted by Crippen LogP contribution is 2.50. The van der Waals surface area contributed by atoms with Crippen LogP contribution >= 0.6 is 12.4 Å². The first-order valence-corrected chi connectivity index (χ1v) is 8.10. The van der Waals surface area contributed by atoms with Crippen LogP contribution in [0.25, 0.3) is 0 Å². The minimum atomic E-state index is -0.769. The summed E-state index contributed by atoms with van der Waals surface area (Å²) in [6.07, 6.45) is 5.82. The van der Waals surface area contributed by atoms with Crippen molar-refractivity contribution in [3.8, 4) is 0 Å². The van der Waals surface area contributed by atoms with Gasteiger partial charge in [0.2, 0.25) is 5.91 Å². The molecule has 2 bridgehead atoms. The number of hydrogen-bond donors (Lipinski definition) is 2. The van der Waals surface area contributed by atoms with Crippen LogP contribution in [0.4, 0.5) is 0 Å². The first-order chi connectivity index (χ1) is 9.38. The molecule has 4 nitrogen and oxygen atoms in total. The van der Waals surface area contributed by atoms with E-state index in [4.69, 9.17) is 10.5 Å². The molecule has 0 aromatic heterocycles. The van der Waals surface area contributed by atoms with Gasteiger partial charge in [-0.05, 0) is 38.0 Å². The molecule has 5 unspecified atom stereocenters. The first-order valence-electron chi connectivity index (χ1n) is 8.10. The minimum absolute atomic E-state index is 0. The average molecular weight is 317 g/mol. The van der Waals surface area contributed by atoms with E-state index in [0.29, 0.717) is 25.0 Å². The number of nitrogens with one attached hydrogen (secondary N) is 1. The maximum absolute atomic E-state index is 12.7. The second kappa shape index (κ2) is 5.71. The summed E-state index contributed by atoms with van der Waals surface area (Å²) in [5, 5.41) is 3.25. The average Bonchev–Trinajstić information content (AvgIpc) is 3.00. The molecule has 0 aliphatic heterocycles. The number of amides is 1. The third-order valence-electron chi connectivity index (χ3n) is 6.29. The van der Waals surface area contributed by atoms with Gasteiger partial charge in [-0.15, -0.1) is 12.4 Å². The van der Waals surface area contributed by atoms with Crippen LogP contribution < -0.4 is 11.1 Å². The van der Waals surface area contributed by atoms with Crippen LogP contribution in [0.5, 0.6) is 0 Å². The molecule has 0 heterocycles. The highest BCUT2D eigenvalue weighted by atomic mass is 35.5. The fraction of sp³-hybridized carbons (Fsp3) is 0.938. The van der Waals surface area contributed by atoms with Crippen LogP contribution in [-0.4, -0.2) is 30.2 Å². The van der Waals surface area contributed by atoms with E-state index in [1.807, 2.05) is 6.92 Å². The summed E-state index contributed by atoms with van der Waals surface area (Å²) in [5.74, 6) is 1.57. The van der Waals surface area contributed by atoms with E-state index in [0.717, 1.165) is 12.3 Å². The van der Waals surface area contributed by atoms with Gasteiger partial charge in [-0.25, -0.2) is 0 Å². The number of halogens is 1. The molecule has 3 N–H and O–H groups in total. The smallest absolute Gasteiger partial charge is 0.241 e. The molecule has 0 spiro atoms. The summed E-state index contributed by atoms with van der Waals surface area (Å²) in [5.41, 5.74) is 5.37. The Morgan fingerprint density at radius 2 is 2.05 bits per heavy atom. The van der Waals surface area contributed by atoms with E-state index in [-0.39, 0.29) is 29.8 Å².